The molecule has 5 heteroatoms. The van der Waals surface area contributed by atoms with Crippen LogP contribution in [-0.4, -0.2) is 30.8 Å². The Kier molecular flexibility index (Phi) is 1.87. The third kappa shape index (κ3) is 0.982. The lowest BCUT2D eigenvalue weighted by Gasteiger charge is -2.25. The molecule has 0 aliphatic carbocycles. The van der Waals surface area contributed by atoms with Crippen molar-refractivity contribution in [1.29, 1.82) is 0 Å². The number of aliphatic carboxylic acids is 1. The lowest BCUT2D eigenvalue weighted by Crippen LogP contribution is -2.47. The van der Waals surface area contributed by atoms with Crippen LogP contribution in [0.15, 0.2) is 16.7 Å². The molecule has 0 bridgehead atoms. The van der Waals surface area contributed by atoms with Crippen LogP contribution in [0.25, 0.3) is 0 Å². The molecule has 0 aromatic carbocycles. The zero-order valence-corrected chi connectivity index (χ0v) is 8.10. The smallest absolute Gasteiger partial charge is 0.347 e. The highest BCUT2D eigenvalue weighted by atomic mass is 16.4. The van der Waals surface area contributed by atoms with Crippen molar-refractivity contribution in [3.63, 3.8) is 0 Å². The molecule has 0 amide bonds. The van der Waals surface area contributed by atoms with E-state index in [1.165, 1.54) is 0 Å². The Morgan fingerprint density at radius 2 is 2.43 bits per heavy atom. The summed E-state index contributed by atoms with van der Waals surface area (Å²) in [6.07, 6.45) is 0.928. The number of rotatable bonds is 2. The minimum absolute atomic E-state index is 0.624. The molecule has 0 radical (unpaired) electrons. The molecule has 0 fully saturated rings. The Morgan fingerprint density at radius 3 is 3.00 bits per heavy atom. The molecule has 0 spiro atoms. The van der Waals surface area contributed by atoms with E-state index in [0.717, 1.165) is 5.69 Å². The highest BCUT2D eigenvalue weighted by Crippen LogP contribution is 2.39. The Labute approximate surface area is 81.5 Å². The van der Waals surface area contributed by atoms with E-state index in [2.05, 4.69) is 0 Å². The van der Waals surface area contributed by atoms with Gasteiger partial charge in [0.05, 0.1) is 6.26 Å². The molecule has 1 aromatic heterocycles. The van der Waals surface area contributed by atoms with Gasteiger partial charge < -0.3 is 19.3 Å². The Hall–Kier alpha value is -1.65. The first-order valence-corrected chi connectivity index (χ1v) is 4.46. The van der Waals surface area contributed by atoms with Crippen LogP contribution in [0.3, 0.4) is 0 Å². The lowest BCUT2D eigenvalue weighted by molar-refractivity contribution is -0.138. The second-order valence-electron chi connectivity index (χ2n) is 3.22. The zero-order valence-electron chi connectivity index (χ0n) is 8.10. The number of carboxylic acids is 1. The molecule has 5 nitrogen and oxygen atoms in total. The van der Waals surface area contributed by atoms with Crippen LogP contribution in [0, 0.1) is 0 Å². The van der Waals surface area contributed by atoms with Crippen LogP contribution in [0.1, 0.15) is 6.92 Å². The molecule has 1 aliphatic rings. The van der Waals surface area contributed by atoms with Crippen LogP contribution in [0.5, 0.6) is 0 Å². The summed E-state index contributed by atoms with van der Waals surface area (Å²) in [5.41, 5.74) is 0.849. The minimum atomic E-state index is -0.860. The van der Waals surface area contributed by atoms with Crippen molar-refractivity contribution in [2.75, 3.05) is 23.4 Å². The van der Waals surface area contributed by atoms with Gasteiger partial charge in [-0.05, 0) is 6.92 Å². The van der Waals surface area contributed by atoms with Gasteiger partial charge in [0.2, 0.25) is 12.0 Å². The van der Waals surface area contributed by atoms with E-state index < -0.39 is 12.1 Å². The third-order valence-corrected chi connectivity index (χ3v) is 2.48. The highest BCUT2D eigenvalue weighted by Gasteiger charge is 2.39. The normalized spacial score (nSPS) is 20.0. The van der Waals surface area contributed by atoms with Crippen molar-refractivity contribution in [1.82, 2.24) is 0 Å². The molecule has 76 valence electrons. The molecule has 0 saturated carbocycles. The van der Waals surface area contributed by atoms with Gasteiger partial charge >= 0.3 is 5.97 Å². The third-order valence-electron chi connectivity index (χ3n) is 2.48. The summed E-state index contributed by atoms with van der Waals surface area (Å²) in [6.45, 7) is 2.57. The van der Waals surface area contributed by atoms with Crippen molar-refractivity contribution < 1.29 is 14.3 Å². The molecule has 1 aliphatic heterocycles. The fourth-order valence-electron chi connectivity index (χ4n) is 1.87. The number of carbonyl (C=O) groups is 1. The maximum absolute atomic E-state index is 11.0. The lowest BCUT2D eigenvalue weighted by atomic mass is 10.4. The van der Waals surface area contributed by atoms with Crippen molar-refractivity contribution in [3.05, 3.63) is 12.3 Å². The summed E-state index contributed by atoms with van der Waals surface area (Å²) in [5.74, 6) is -0.236. The summed E-state index contributed by atoms with van der Waals surface area (Å²) < 4.78 is 5.22. The van der Waals surface area contributed by atoms with E-state index >= 15 is 0 Å². The first-order valence-electron chi connectivity index (χ1n) is 4.46. The van der Waals surface area contributed by atoms with E-state index in [-0.39, 0.29) is 0 Å². The molecule has 2 rings (SSSR count). The van der Waals surface area contributed by atoms with Gasteiger partial charge in [-0.25, -0.2) is 4.79 Å². The summed E-state index contributed by atoms with van der Waals surface area (Å²) in [4.78, 5) is 14.4. The van der Waals surface area contributed by atoms with Gasteiger partial charge in [-0.2, -0.15) is 0 Å². The maximum Gasteiger partial charge on any atom is 0.347 e. The zero-order chi connectivity index (χ0) is 10.3. The molecule has 1 N–H and O–H groups in total. The topological polar surface area (TPSA) is 56.9 Å². The van der Waals surface area contributed by atoms with Crippen molar-refractivity contribution in [2.24, 2.45) is 0 Å². The number of hydrogen-bond donors (Lipinski definition) is 1. The number of furan rings is 1. The molecule has 1 aromatic rings. The van der Waals surface area contributed by atoms with Crippen molar-refractivity contribution in [3.8, 4) is 0 Å². The Bertz CT molecular complexity index is 361. The fourth-order valence-corrected chi connectivity index (χ4v) is 1.87. The van der Waals surface area contributed by atoms with Crippen LogP contribution < -0.4 is 9.80 Å². The largest absolute Gasteiger partial charge is 0.478 e. The number of nitrogens with zero attached hydrogens (tertiary/aromatic N) is 2. The van der Waals surface area contributed by atoms with Crippen LogP contribution in [0.4, 0.5) is 11.6 Å². The molecular formula is C9H12N2O3. The van der Waals surface area contributed by atoms with Crippen LogP contribution >= 0.6 is 0 Å². The predicted molar refractivity (Wildman–Crippen MR) is 51.6 cm³/mol. The molecule has 0 saturated heterocycles. The van der Waals surface area contributed by atoms with Gasteiger partial charge in [-0.1, -0.05) is 0 Å². The van der Waals surface area contributed by atoms with E-state index in [1.54, 1.807) is 29.2 Å². The summed E-state index contributed by atoms with van der Waals surface area (Å²) in [7, 11) is 1.72. The van der Waals surface area contributed by atoms with Crippen molar-refractivity contribution >= 4 is 17.5 Å². The molecule has 14 heavy (non-hydrogen) atoms. The van der Waals surface area contributed by atoms with E-state index in [1.807, 2.05) is 6.92 Å². The first kappa shape index (κ1) is 8.93. The second kappa shape index (κ2) is 2.94. The minimum Gasteiger partial charge on any atom is -0.478 e. The number of hydrogen-bond acceptors (Lipinski definition) is 4. The molecular weight excluding hydrogens is 184 g/mol. The van der Waals surface area contributed by atoms with Gasteiger partial charge in [0.25, 0.3) is 0 Å². The SMILES string of the molecule is CCN1c2ccoc2N(C)C1C(=O)O. The summed E-state index contributed by atoms with van der Waals surface area (Å²) >= 11 is 0. The first-order chi connectivity index (χ1) is 6.66. The monoisotopic (exact) mass is 196 g/mol. The number of carboxylic acid groups (broad SMARTS) is 1. The quantitative estimate of drug-likeness (QED) is 0.763. The van der Waals surface area contributed by atoms with Crippen molar-refractivity contribution in [2.45, 2.75) is 13.1 Å². The molecule has 1 unspecified atom stereocenters. The van der Waals surface area contributed by atoms with E-state index in [0.29, 0.717) is 12.4 Å². The molecule has 1 atom stereocenters. The summed E-state index contributed by atoms with van der Waals surface area (Å²) in [5, 5.41) is 9.05. The van der Waals surface area contributed by atoms with Gasteiger partial charge in [-0.15, -0.1) is 0 Å². The van der Waals surface area contributed by atoms with Gasteiger partial charge in [0.1, 0.15) is 5.69 Å². The Morgan fingerprint density at radius 1 is 1.71 bits per heavy atom. The van der Waals surface area contributed by atoms with Crippen LogP contribution in [-0.2, 0) is 4.79 Å². The van der Waals surface area contributed by atoms with Gasteiger partial charge in [-0.3, -0.25) is 0 Å². The predicted octanol–water partition coefficient (Wildman–Crippen LogP) is 0.966. The van der Waals surface area contributed by atoms with E-state index in [4.69, 9.17) is 9.52 Å². The summed E-state index contributed by atoms with van der Waals surface area (Å²) in [6, 6.07) is 1.79. The standard InChI is InChI=1S/C9H12N2O3/c1-3-11-6-4-5-14-8(6)10(2)7(11)9(12)13/h4-5,7H,3H2,1-2H3,(H,12,13). The number of likely N-dealkylation sites (N-methyl/N-ethyl adjacent to an activating group) is 2. The average molecular weight is 196 g/mol. The number of fused-ring (bicyclic) bond motifs is 1. The number of anilines is 2. The second-order valence-corrected chi connectivity index (χ2v) is 3.22. The highest BCUT2D eigenvalue weighted by molar-refractivity contribution is 5.88. The van der Waals surface area contributed by atoms with E-state index in [9.17, 15) is 4.79 Å². The average Bonchev–Trinajstić information content (AvgIpc) is 2.67. The fraction of sp³-hybridized carbons (Fsp3) is 0.444. The van der Waals surface area contributed by atoms with Crippen LogP contribution in [0.2, 0.25) is 0 Å². The Balaban J connectivity index is 2.42. The molecule has 2 heterocycles. The van der Waals surface area contributed by atoms with Gasteiger partial charge in [0.15, 0.2) is 0 Å². The van der Waals surface area contributed by atoms with Gasteiger partial charge in [0, 0.05) is 19.7 Å². The maximum atomic E-state index is 11.0.